The zero-order chi connectivity index (χ0) is 23.3. The Kier molecular flexibility index (Phi) is 3.13. The molecule has 0 aliphatic heterocycles. The summed E-state index contributed by atoms with van der Waals surface area (Å²) in [5.41, 5.74) is 0.192. The van der Waals surface area contributed by atoms with Crippen LogP contribution in [0.2, 0.25) is 0 Å². The summed E-state index contributed by atoms with van der Waals surface area (Å²) in [6.45, 7) is 0. The smallest absolute Gasteiger partial charge is 0.203 e. The van der Waals surface area contributed by atoms with Crippen LogP contribution in [0.15, 0.2) is 12.1 Å². The molecule has 6 heteroatoms. The lowest BCUT2D eigenvalue weighted by Gasteiger charge is -2.20. The Morgan fingerprint density at radius 2 is 1.67 bits per heavy atom. The van der Waals surface area contributed by atoms with Crippen molar-refractivity contribution in [3.63, 3.8) is 0 Å². The molecule has 0 heterocycles. The van der Waals surface area contributed by atoms with E-state index < -0.39 is 50.6 Å². The predicted molar refractivity (Wildman–Crippen MR) is 76.7 cm³/mol. The molecule has 0 saturated carbocycles. The molecular formula is C15H21NO5. The number of nitriles is 1. The van der Waals surface area contributed by atoms with Crippen molar-refractivity contribution in [3.8, 4) is 23.3 Å². The molecule has 6 nitrogen and oxygen atoms in total. The minimum absolute atomic E-state index is 0.0917. The molecule has 0 aromatic heterocycles. The summed E-state index contributed by atoms with van der Waals surface area (Å²) in [6, 6.07) is 4.20. The van der Waals surface area contributed by atoms with Crippen molar-refractivity contribution < 1.29 is 36.0 Å². The number of ether oxygens (including phenoxy) is 5. The van der Waals surface area contributed by atoms with Gasteiger partial charge in [-0.3, -0.25) is 0 Å². The normalized spacial score (nSPS) is 20.0. The fourth-order valence-corrected chi connectivity index (χ4v) is 1.88. The van der Waals surface area contributed by atoms with Crippen LogP contribution in [0.4, 0.5) is 0 Å². The molecule has 0 amide bonds. The van der Waals surface area contributed by atoms with Gasteiger partial charge in [-0.2, -0.15) is 5.26 Å². The van der Waals surface area contributed by atoms with E-state index in [-0.39, 0.29) is 12.0 Å². The highest BCUT2D eigenvalue weighted by Crippen LogP contribution is 2.38. The first-order valence-electron chi connectivity index (χ1n) is 10.3. The van der Waals surface area contributed by atoms with Crippen molar-refractivity contribution in [1.29, 1.82) is 5.26 Å². The first-order valence-corrected chi connectivity index (χ1v) is 5.77. The Morgan fingerprint density at radius 1 is 1.10 bits per heavy atom. The van der Waals surface area contributed by atoms with Crippen LogP contribution in [0, 0.1) is 17.2 Å². The van der Waals surface area contributed by atoms with Gasteiger partial charge in [0.05, 0.1) is 39.5 Å². The van der Waals surface area contributed by atoms with Gasteiger partial charge in [-0.05, 0) is 24.1 Å². The van der Waals surface area contributed by atoms with Crippen molar-refractivity contribution in [3.05, 3.63) is 17.7 Å². The van der Waals surface area contributed by atoms with E-state index in [1.165, 1.54) is 14.2 Å². The maximum absolute atomic E-state index is 9.39. The highest BCUT2D eigenvalue weighted by atomic mass is 16.7. The molecular weight excluding hydrogens is 274 g/mol. The van der Waals surface area contributed by atoms with E-state index in [1.54, 1.807) is 0 Å². The molecule has 0 aliphatic carbocycles. The molecule has 0 radical (unpaired) electrons. The molecule has 116 valence electrons. The van der Waals surface area contributed by atoms with Gasteiger partial charge < -0.3 is 23.7 Å². The SMILES string of the molecule is [2H]C([2H])([2H])Oc1cc(CC(C#N)C(OC)OC)cc(OC([2H])([2H])[2H])c1OC([2H])([2H])[2H]. The minimum Gasteiger partial charge on any atom is -0.493 e. The van der Waals surface area contributed by atoms with Crippen LogP contribution in [0.25, 0.3) is 0 Å². The second-order valence-electron chi connectivity index (χ2n) is 4.01. The first-order chi connectivity index (χ1) is 13.6. The Labute approximate surface area is 137 Å². The van der Waals surface area contributed by atoms with E-state index in [2.05, 4.69) is 0 Å². The first kappa shape index (κ1) is 7.87. The van der Waals surface area contributed by atoms with E-state index in [0.717, 1.165) is 12.1 Å². The van der Waals surface area contributed by atoms with Crippen LogP contribution >= 0.6 is 0 Å². The van der Waals surface area contributed by atoms with Gasteiger partial charge >= 0.3 is 0 Å². The third kappa shape index (κ3) is 4.00. The zero-order valence-corrected chi connectivity index (χ0v) is 11.5. The molecule has 0 saturated heterocycles. The second-order valence-corrected chi connectivity index (χ2v) is 4.01. The molecule has 0 spiro atoms. The van der Waals surface area contributed by atoms with Crippen LogP contribution in [0.3, 0.4) is 0 Å². The summed E-state index contributed by atoms with van der Waals surface area (Å²) in [6.07, 6.45) is -1.03. The van der Waals surface area contributed by atoms with Gasteiger partial charge in [-0.25, -0.2) is 0 Å². The van der Waals surface area contributed by atoms with Gasteiger partial charge in [-0.1, -0.05) is 0 Å². The van der Waals surface area contributed by atoms with Crippen LogP contribution in [-0.2, 0) is 15.9 Å². The third-order valence-corrected chi connectivity index (χ3v) is 2.82. The van der Waals surface area contributed by atoms with Crippen LogP contribution < -0.4 is 14.2 Å². The minimum atomic E-state index is -3.06. The lowest BCUT2D eigenvalue weighted by atomic mass is 9.99. The molecule has 1 atom stereocenters. The highest BCUT2D eigenvalue weighted by molar-refractivity contribution is 5.54. The molecule has 21 heavy (non-hydrogen) atoms. The van der Waals surface area contributed by atoms with Crippen LogP contribution in [0.1, 0.15) is 17.9 Å². The summed E-state index contributed by atoms with van der Waals surface area (Å²) in [7, 11) is -6.46. The Morgan fingerprint density at radius 3 is 2.10 bits per heavy atom. The largest absolute Gasteiger partial charge is 0.493 e. The van der Waals surface area contributed by atoms with Crippen LogP contribution in [0.5, 0.6) is 17.2 Å². The van der Waals surface area contributed by atoms with E-state index in [1.807, 2.05) is 6.07 Å². The maximum Gasteiger partial charge on any atom is 0.203 e. The number of rotatable bonds is 8. The van der Waals surface area contributed by atoms with E-state index in [9.17, 15) is 5.26 Å². The summed E-state index contributed by atoms with van der Waals surface area (Å²) >= 11 is 0. The quantitative estimate of drug-likeness (QED) is 0.684. The van der Waals surface area contributed by atoms with Crippen molar-refractivity contribution in [1.82, 2.24) is 0 Å². The highest BCUT2D eigenvalue weighted by Gasteiger charge is 2.23. The Hall–Kier alpha value is -1.97. The predicted octanol–water partition coefficient (Wildman–Crippen LogP) is 2.01. The number of benzene rings is 1. The molecule has 0 aliphatic rings. The summed E-state index contributed by atoms with van der Waals surface area (Å²) in [4.78, 5) is 0. The summed E-state index contributed by atoms with van der Waals surface area (Å²) in [5, 5.41) is 9.39. The van der Waals surface area contributed by atoms with Gasteiger partial charge in [0, 0.05) is 14.2 Å². The summed E-state index contributed by atoms with van der Waals surface area (Å²) in [5.74, 6) is -2.79. The van der Waals surface area contributed by atoms with Crippen molar-refractivity contribution in [2.24, 2.45) is 5.92 Å². The van der Waals surface area contributed by atoms with E-state index >= 15 is 0 Å². The number of methoxy groups -OCH3 is 5. The average molecular weight is 304 g/mol. The van der Waals surface area contributed by atoms with Gasteiger partial charge in [0.1, 0.15) is 5.92 Å². The molecule has 1 aromatic rings. The molecule has 0 bridgehead atoms. The molecule has 1 unspecified atom stereocenters. The van der Waals surface area contributed by atoms with E-state index in [4.69, 9.17) is 36.0 Å². The zero-order valence-electron chi connectivity index (χ0n) is 20.5. The van der Waals surface area contributed by atoms with Crippen molar-refractivity contribution in [2.45, 2.75) is 12.7 Å². The Bertz CT molecular complexity index is 714. The second kappa shape index (κ2) is 8.35. The Balaban J connectivity index is 3.58. The van der Waals surface area contributed by atoms with Gasteiger partial charge in [0.2, 0.25) is 5.75 Å². The van der Waals surface area contributed by atoms with E-state index in [0.29, 0.717) is 0 Å². The van der Waals surface area contributed by atoms with Crippen molar-refractivity contribution in [2.75, 3.05) is 35.3 Å². The lowest BCUT2D eigenvalue weighted by molar-refractivity contribution is -0.124. The van der Waals surface area contributed by atoms with Gasteiger partial charge in [-0.15, -0.1) is 0 Å². The fraction of sp³-hybridized carbons (Fsp3) is 0.533. The van der Waals surface area contributed by atoms with Crippen LogP contribution in [-0.4, -0.2) is 41.6 Å². The molecule has 1 aromatic carbocycles. The number of hydrogen-bond donors (Lipinski definition) is 0. The fourth-order valence-electron chi connectivity index (χ4n) is 1.88. The lowest BCUT2D eigenvalue weighted by Crippen LogP contribution is -2.25. The molecule has 0 N–H and O–H groups in total. The third-order valence-electron chi connectivity index (χ3n) is 2.82. The van der Waals surface area contributed by atoms with Gasteiger partial charge in [0.15, 0.2) is 17.8 Å². The average Bonchev–Trinajstić information content (AvgIpc) is 2.54. The molecule has 1 rings (SSSR count). The number of hydrogen-bond acceptors (Lipinski definition) is 6. The van der Waals surface area contributed by atoms with Gasteiger partial charge in [0.25, 0.3) is 0 Å². The maximum atomic E-state index is 9.39. The summed E-state index contributed by atoms with van der Waals surface area (Å²) < 4.78 is 90.1. The van der Waals surface area contributed by atoms with Crippen molar-refractivity contribution >= 4 is 0 Å². The topological polar surface area (TPSA) is 69.9 Å². The molecule has 0 fully saturated rings. The standard InChI is InChI=1S/C15H21NO5/c1-17-12-7-10(8-13(18-2)14(12)19-3)6-11(9-16)15(20-4)21-5/h7-8,11,15H,6H2,1-5H3/i1D3,2D3,3D3. The number of nitrogens with zero attached hydrogens (tertiary/aromatic N) is 1. The monoisotopic (exact) mass is 304 g/mol.